The first-order valence-electron chi connectivity index (χ1n) is 37.9. The number of alkyl halides is 6. The summed E-state index contributed by atoms with van der Waals surface area (Å²) in [5.41, 5.74) is 3.91. The number of hydrogen-bond acceptors (Lipinski definition) is 12. The number of esters is 2. The Bertz CT molecular complexity index is 4190. The van der Waals surface area contributed by atoms with Crippen LogP contribution >= 0.6 is 0 Å². The fourth-order valence-corrected chi connectivity index (χ4v) is 12.9. The zero-order valence-electron chi connectivity index (χ0n) is 63.7. The molecular formula is C86H102F6N6O10. The number of halogens is 6. The van der Waals surface area contributed by atoms with E-state index in [1.165, 1.54) is 24.3 Å². The largest absolute Gasteiger partial charge is 0.493 e. The topological polar surface area (TPSA) is 205 Å². The highest BCUT2D eigenvalue weighted by Crippen LogP contribution is 2.44. The minimum atomic E-state index is -4.68. The quantitative estimate of drug-likeness (QED) is 0.0129. The molecule has 22 heteroatoms. The third-order valence-corrected chi connectivity index (χ3v) is 18.2. The summed E-state index contributed by atoms with van der Waals surface area (Å²) in [6.07, 6.45) is 9.69. The number of carbonyl (C=O) groups excluding carboxylic acids is 4. The molecule has 0 saturated heterocycles. The van der Waals surface area contributed by atoms with E-state index in [-0.39, 0.29) is 26.1 Å². The van der Waals surface area contributed by atoms with Crippen molar-refractivity contribution < 1.29 is 73.9 Å². The Kier molecular flexibility index (Phi) is 28.8. The summed E-state index contributed by atoms with van der Waals surface area (Å²) in [6.45, 7) is 19.5. The molecule has 7 aromatic rings. The van der Waals surface area contributed by atoms with Crippen molar-refractivity contribution in [3.63, 3.8) is 0 Å². The van der Waals surface area contributed by atoms with Gasteiger partial charge >= 0.3 is 36.5 Å². The van der Waals surface area contributed by atoms with Gasteiger partial charge in [-0.1, -0.05) is 141 Å². The lowest BCUT2D eigenvalue weighted by Gasteiger charge is -2.23. The van der Waals surface area contributed by atoms with Crippen molar-refractivity contribution in [2.75, 3.05) is 26.4 Å². The van der Waals surface area contributed by atoms with Crippen LogP contribution in [0, 0.1) is 0 Å². The standard InChI is InChI=1S/C86H102F6N6O10/c1-11-15-19-23-47-103-73-45-27-55(53-71(97-81(101)107-83(5,6)7)79(99)105-49-25-21-17-13-3)51-61(73)77-67-41-37-63(93-67)75(57-29-33-59(34-30-57)85(87,88)89)65-39-43-69(95-65)78(70-44-40-66(96-70)76(64-38-42-68(77)94-64)58-31-35-60(36-32-58)86(90,91)92)62-52-56(28-46-74(62)104-48-24-20-16-12-2)54-72(98-82(102)108-84(8,9)10)80(100)106-50-26-22-18-14-4/h27-46,51-52,71-72,93,96H,11-26,47-50,53-54H2,1-10H3,(H,97,101)(H,98,102)/t71-,72-/m1/s1. The summed E-state index contributed by atoms with van der Waals surface area (Å²) < 4.78 is 124. The second-order valence-electron chi connectivity index (χ2n) is 29.4. The molecule has 3 aromatic heterocycles. The Morgan fingerprint density at radius 3 is 1.03 bits per heavy atom. The number of hydrogen-bond donors (Lipinski definition) is 4. The van der Waals surface area contributed by atoms with Crippen LogP contribution in [0.3, 0.4) is 0 Å². The van der Waals surface area contributed by atoms with Crippen molar-refractivity contribution in [2.24, 2.45) is 0 Å². The molecule has 2 aliphatic heterocycles. The first-order chi connectivity index (χ1) is 51.5. The SMILES string of the molecule is CCCCCCOC(=O)[C@@H](Cc1ccc(OCCCCCC)c(-c2c3nc(c(-c4ccc(C(F)(F)F)cc4)c4ccc([nH]4)c(-c4cc(C[C@@H](NC(=O)OC(C)(C)C)C(=O)OCCCCCC)ccc4OCCCCCC)c4nc(c(-c5ccc(C(F)(F)F)cc5)c5ccc2[nH]5)C=C4)C=C3)c1)NC(=O)OC(C)(C)C. The Morgan fingerprint density at radius 1 is 0.398 bits per heavy atom. The predicted molar refractivity (Wildman–Crippen MR) is 414 cm³/mol. The van der Waals surface area contributed by atoms with Gasteiger partial charge in [0.1, 0.15) is 34.8 Å². The highest BCUT2D eigenvalue weighted by molar-refractivity contribution is 6.01. The minimum absolute atomic E-state index is 0.0762. The lowest BCUT2D eigenvalue weighted by molar-refractivity contribution is -0.147. The van der Waals surface area contributed by atoms with Gasteiger partial charge in [-0.2, -0.15) is 26.3 Å². The molecule has 9 rings (SSSR count). The highest BCUT2D eigenvalue weighted by atomic mass is 19.4. The molecule has 578 valence electrons. The molecule has 0 saturated carbocycles. The maximum Gasteiger partial charge on any atom is 0.416 e. The molecule has 0 spiro atoms. The van der Waals surface area contributed by atoms with Gasteiger partial charge in [0.2, 0.25) is 0 Å². The Morgan fingerprint density at radius 2 is 0.713 bits per heavy atom. The van der Waals surface area contributed by atoms with Gasteiger partial charge in [0.15, 0.2) is 0 Å². The van der Waals surface area contributed by atoms with Crippen molar-refractivity contribution >= 4 is 70.5 Å². The average molecular weight is 1490 g/mol. The predicted octanol–water partition coefficient (Wildman–Crippen LogP) is 22.4. The molecule has 108 heavy (non-hydrogen) atoms. The zero-order chi connectivity index (χ0) is 77.8. The number of aromatic amines is 2. The molecule has 8 bridgehead atoms. The number of benzene rings is 4. The van der Waals surface area contributed by atoms with Crippen molar-refractivity contribution in [3.05, 3.63) is 154 Å². The molecule has 2 aliphatic rings. The van der Waals surface area contributed by atoms with Crippen molar-refractivity contribution in [2.45, 2.75) is 220 Å². The van der Waals surface area contributed by atoms with E-state index < -0.39 is 70.9 Å². The molecule has 16 nitrogen and oxygen atoms in total. The lowest BCUT2D eigenvalue weighted by atomic mass is 9.97. The van der Waals surface area contributed by atoms with Crippen LogP contribution in [0.2, 0.25) is 0 Å². The third kappa shape index (κ3) is 23.1. The monoisotopic (exact) mass is 1490 g/mol. The molecule has 5 heterocycles. The summed E-state index contributed by atoms with van der Waals surface area (Å²) in [4.78, 5) is 73.8. The van der Waals surface area contributed by atoms with Crippen LogP contribution in [0.4, 0.5) is 35.9 Å². The van der Waals surface area contributed by atoms with Crippen molar-refractivity contribution in [3.8, 4) is 56.0 Å². The second kappa shape index (κ2) is 37.8. The molecule has 0 unspecified atom stereocenters. The van der Waals surface area contributed by atoms with Crippen LogP contribution in [-0.4, -0.2) is 93.8 Å². The van der Waals surface area contributed by atoms with E-state index >= 15 is 0 Å². The smallest absolute Gasteiger partial charge is 0.416 e. The summed E-state index contributed by atoms with van der Waals surface area (Å²) in [7, 11) is 0. The molecule has 0 radical (unpaired) electrons. The summed E-state index contributed by atoms with van der Waals surface area (Å²) >= 11 is 0. The first kappa shape index (κ1) is 82.2. The van der Waals surface area contributed by atoms with E-state index in [9.17, 15) is 45.5 Å². The van der Waals surface area contributed by atoms with Crippen LogP contribution < -0.4 is 20.1 Å². The zero-order valence-corrected chi connectivity index (χ0v) is 63.7. The lowest BCUT2D eigenvalue weighted by Crippen LogP contribution is -2.45. The Hall–Kier alpha value is -9.86. The van der Waals surface area contributed by atoms with Crippen LogP contribution in [-0.2, 0) is 53.7 Å². The molecule has 4 aromatic carbocycles. The third-order valence-electron chi connectivity index (χ3n) is 18.2. The molecule has 0 aliphatic carbocycles. The van der Waals surface area contributed by atoms with E-state index in [1.807, 2.05) is 24.3 Å². The number of carbonyl (C=O) groups is 4. The number of ether oxygens (including phenoxy) is 6. The average Bonchev–Trinajstić information content (AvgIpc) is 1.60. The number of amides is 2. The van der Waals surface area contributed by atoms with E-state index in [1.54, 1.807) is 102 Å². The van der Waals surface area contributed by atoms with Gasteiger partial charge in [-0.25, -0.2) is 29.1 Å². The number of nitrogens with zero attached hydrogens (tertiary/aromatic N) is 2. The number of rotatable bonds is 34. The number of nitrogens with one attached hydrogen (secondary N) is 4. The number of unbranched alkanes of at least 4 members (excludes halogenated alkanes) is 12. The number of aromatic nitrogens is 4. The molecule has 2 atom stereocenters. The van der Waals surface area contributed by atoms with E-state index in [4.69, 9.17) is 38.4 Å². The summed E-state index contributed by atoms with van der Waals surface area (Å²) in [5.74, 6) is -0.522. The molecule has 4 N–H and O–H groups in total. The molecule has 0 fully saturated rings. The maximum absolute atomic E-state index is 14.6. The summed E-state index contributed by atoms with van der Waals surface area (Å²) in [5, 5.41) is 5.53. The van der Waals surface area contributed by atoms with Gasteiger partial charge < -0.3 is 49.0 Å². The highest BCUT2D eigenvalue weighted by Gasteiger charge is 2.34. The number of alkyl carbamates (subject to hydrolysis) is 2. The minimum Gasteiger partial charge on any atom is -0.493 e. The van der Waals surface area contributed by atoms with Crippen molar-refractivity contribution in [1.29, 1.82) is 0 Å². The van der Waals surface area contributed by atoms with Crippen LogP contribution in [0.5, 0.6) is 11.5 Å². The maximum atomic E-state index is 14.6. The summed E-state index contributed by atoms with van der Waals surface area (Å²) in [6, 6.07) is 25.2. The van der Waals surface area contributed by atoms with Crippen molar-refractivity contribution in [1.82, 2.24) is 30.6 Å². The van der Waals surface area contributed by atoms with E-state index in [0.717, 1.165) is 101 Å². The van der Waals surface area contributed by atoms with Gasteiger partial charge in [-0.3, -0.25) is 0 Å². The van der Waals surface area contributed by atoms with Gasteiger partial charge in [0, 0.05) is 68.3 Å². The fraction of sp³-hybridized carbons (Fsp3) is 0.442. The molecular weight excluding hydrogens is 1390 g/mol. The number of fused-ring (bicyclic) bond motifs is 8. The van der Waals surface area contributed by atoms with Crippen LogP contribution in [0.1, 0.15) is 217 Å². The Balaban J connectivity index is 1.37. The Labute approximate surface area is 629 Å². The van der Waals surface area contributed by atoms with Gasteiger partial charge in [-0.05, 0) is 187 Å². The van der Waals surface area contributed by atoms with E-state index in [0.29, 0.717) is 151 Å². The van der Waals surface area contributed by atoms with Crippen LogP contribution in [0.15, 0.2) is 109 Å². The first-order valence-corrected chi connectivity index (χ1v) is 37.9. The van der Waals surface area contributed by atoms with Gasteiger partial charge in [0.25, 0.3) is 0 Å². The fourth-order valence-electron chi connectivity index (χ4n) is 12.9. The normalized spacial score (nSPS) is 12.9. The van der Waals surface area contributed by atoms with Crippen LogP contribution in [0.25, 0.3) is 90.9 Å². The van der Waals surface area contributed by atoms with Gasteiger partial charge in [0.05, 0.1) is 60.3 Å². The molecule has 2 amide bonds. The number of H-pyrrole nitrogens is 2. The second-order valence-corrected chi connectivity index (χ2v) is 29.4. The van der Waals surface area contributed by atoms with Gasteiger partial charge in [-0.15, -0.1) is 0 Å². The van der Waals surface area contributed by atoms with E-state index in [2.05, 4.69) is 48.3 Å².